The van der Waals surface area contributed by atoms with Crippen molar-refractivity contribution in [2.45, 2.75) is 25.0 Å². The minimum atomic E-state index is -0.221. The molecule has 3 heterocycles. The fourth-order valence-corrected chi connectivity index (χ4v) is 4.39. The molecule has 0 bridgehead atoms. The van der Waals surface area contributed by atoms with Gasteiger partial charge in [-0.1, -0.05) is 24.3 Å². The maximum Gasteiger partial charge on any atom is 0.270 e. The van der Waals surface area contributed by atoms with Crippen LogP contribution in [0.4, 0.5) is 0 Å². The molecule has 1 spiro atoms. The predicted octanol–water partition coefficient (Wildman–Crippen LogP) is 3.84. The highest BCUT2D eigenvalue weighted by molar-refractivity contribution is 5.98. The number of hydrogen-bond donors (Lipinski definition) is 1. The molecule has 0 saturated carbocycles. The quantitative estimate of drug-likeness (QED) is 0.754. The zero-order valence-electron chi connectivity index (χ0n) is 15.3. The van der Waals surface area contributed by atoms with E-state index in [0.717, 1.165) is 29.5 Å². The summed E-state index contributed by atoms with van der Waals surface area (Å²) in [4.78, 5) is 18.2. The number of carbonyl (C=O) groups excluding carboxylic acids is 1. The summed E-state index contributed by atoms with van der Waals surface area (Å²) >= 11 is 0. The minimum Gasteiger partial charge on any atom is -0.497 e. The number of piperidine rings is 1. The van der Waals surface area contributed by atoms with Gasteiger partial charge in [0.1, 0.15) is 11.4 Å². The highest BCUT2D eigenvalue weighted by Crippen LogP contribution is 2.44. The Labute approximate surface area is 157 Å². The number of H-pyrrole nitrogens is 1. The van der Waals surface area contributed by atoms with Crippen molar-refractivity contribution >= 4 is 16.8 Å². The van der Waals surface area contributed by atoms with Gasteiger partial charge in [0.15, 0.2) is 0 Å². The van der Waals surface area contributed by atoms with E-state index in [9.17, 15) is 4.79 Å². The van der Waals surface area contributed by atoms with E-state index < -0.39 is 0 Å². The van der Waals surface area contributed by atoms with E-state index >= 15 is 0 Å². The summed E-state index contributed by atoms with van der Waals surface area (Å²) in [6.07, 6.45) is 1.67. The number of nitrogens with one attached hydrogen (secondary N) is 1. The molecule has 5 rings (SSSR count). The third-order valence-corrected chi connectivity index (χ3v) is 5.93. The molecule has 1 N–H and O–H groups in total. The Kier molecular flexibility index (Phi) is 3.72. The molecule has 2 aromatic carbocycles. The first-order chi connectivity index (χ1) is 13.2. The number of benzene rings is 2. The highest BCUT2D eigenvalue weighted by Gasteiger charge is 2.43. The second-order valence-electron chi connectivity index (χ2n) is 7.37. The predicted molar refractivity (Wildman–Crippen MR) is 103 cm³/mol. The average Bonchev–Trinajstić information content (AvgIpc) is 3.30. The monoisotopic (exact) mass is 362 g/mol. The van der Waals surface area contributed by atoms with E-state index in [2.05, 4.69) is 29.2 Å². The van der Waals surface area contributed by atoms with Gasteiger partial charge in [0.2, 0.25) is 0 Å². The van der Waals surface area contributed by atoms with Crippen LogP contribution in [0.1, 0.15) is 34.5 Å². The number of rotatable bonds is 2. The van der Waals surface area contributed by atoms with E-state index in [-0.39, 0.29) is 11.5 Å². The normalized spacial score (nSPS) is 18.0. The Morgan fingerprint density at radius 2 is 1.96 bits per heavy atom. The van der Waals surface area contributed by atoms with Crippen LogP contribution in [0.2, 0.25) is 0 Å². The standard InChI is InChI=1S/C22H22N2O3/c1-26-17-6-7-19-16(12-17)13-20(23-19)21(25)24-10-8-22(9-11-24)18-5-3-2-4-15(18)14-27-22/h2-7,12-13,23H,8-11,14H2,1H3. The van der Waals surface area contributed by atoms with Gasteiger partial charge in [-0.15, -0.1) is 0 Å². The number of nitrogens with zero attached hydrogens (tertiary/aromatic N) is 1. The number of amides is 1. The van der Waals surface area contributed by atoms with Crippen molar-refractivity contribution in [3.8, 4) is 5.75 Å². The number of methoxy groups -OCH3 is 1. The first kappa shape index (κ1) is 16.4. The molecule has 0 aliphatic carbocycles. The van der Waals surface area contributed by atoms with E-state index in [1.165, 1.54) is 11.1 Å². The van der Waals surface area contributed by atoms with Crippen LogP contribution in [0.5, 0.6) is 5.75 Å². The molecule has 1 saturated heterocycles. The Morgan fingerprint density at radius 1 is 1.15 bits per heavy atom. The number of aromatic nitrogens is 1. The van der Waals surface area contributed by atoms with Gasteiger partial charge in [0, 0.05) is 24.0 Å². The van der Waals surface area contributed by atoms with E-state index in [1.54, 1.807) is 7.11 Å². The minimum absolute atomic E-state index is 0.0475. The fourth-order valence-electron chi connectivity index (χ4n) is 4.39. The van der Waals surface area contributed by atoms with Crippen LogP contribution in [-0.4, -0.2) is 36.0 Å². The Bertz CT molecular complexity index is 1020. The molecule has 1 aromatic heterocycles. The van der Waals surface area contributed by atoms with Crippen molar-refractivity contribution in [3.63, 3.8) is 0 Å². The molecule has 1 fully saturated rings. The average molecular weight is 362 g/mol. The number of hydrogen-bond acceptors (Lipinski definition) is 3. The van der Waals surface area contributed by atoms with Crippen LogP contribution in [0.3, 0.4) is 0 Å². The van der Waals surface area contributed by atoms with E-state index in [1.807, 2.05) is 29.2 Å². The molecule has 0 unspecified atom stereocenters. The van der Waals surface area contributed by atoms with Crippen molar-refractivity contribution in [2.75, 3.05) is 20.2 Å². The van der Waals surface area contributed by atoms with Gasteiger partial charge in [0.25, 0.3) is 5.91 Å². The third-order valence-electron chi connectivity index (χ3n) is 5.93. The first-order valence-corrected chi connectivity index (χ1v) is 9.37. The van der Waals surface area contributed by atoms with Crippen LogP contribution in [0.15, 0.2) is 48.5 Å². The van der Waals surface area contributed by atoms with Crippen molar-refractivity contribution in [1.29, 1.82) is 0 Å². The topological polar surface area (TPSA) is 54.6 Å². The second-order valence-corrected chi connectivity index (χ2v) is 7.37. The Balaban J connectivity index is 1.35. The zero-order valence-corrected chi connectivity index (χ0v) is 15.3. The summed E-state index contributed by atoms with van der Waals surface area (Å²) in [6, 6.07) is 16.1. The summed E-state index contributed by atoms with van der Waals surface area (Å²) in [6.45, 7) is 2.08. The number of carbonyl (C=O) groups is 1. The lowest BCUT2D eigenvalue weighted by Crippen LogP contribution is -2.45. The van der Waals surface area contributed by atoms with E-state index in [4.69, 9.17) is 9.47 Å². The fraction of sp³-hybridized carbons (Fsp3) is 0.318. The number of ether oxygens (including phenoxy) is 2. The molecular weight excluding hydrogens is 340 g/mol. The molecule has 0 atom stereocenters. The molecule has 5 heteroatoms. The van der Waals surface area contributed by atoms with Crippen LogP contribution < -0.4 is 4.74 Å². The molecule has 27 heavy (non-hydrogen) atoms. The van der Waals surface area contributed by atoms with Gasteiger partial charge < -0.3 is 19.4 Å². The van der Waals surface area contributed by atoms with Gasteiger partial charge in [-0.25, -0.2) is 0 Å². The smallest absolute Gasteiger partial charge is 0.270 e. The molecule has 3 aromatic rings. The Hall–Kier alpha value is -2.79. The molecular formula is C22H22N2O3. The first-order valence-electron chi connectivity index (χ1n) is 9.37. The summed E-state index contributed by atoms with van der Waals surface area (Å²) in [5.74, 6) is 0.837. The van der Waals surface area contributed by atoms with Gasteiger partial charge in [-0.3, -0.25) is 4.79 Å². The number of likely N-dealkylation sites (tertiary alicyclic amines) is 1. The Morgan fingerprint density at radius 3 is 2.78 bits per heavy atom. The summed E-state index contributed by atoms with van der Waals surface area (Å²) in [7, 11) is 1.65. The molecule has 2 aliphatic rings. The number of aromatic amines is 1. The molecule has 0 radical (unpaired) electrons. The van der Waals surface area contributed by atoms with Gasteiger partial charge >= 0.3 is 0 Å². The van der Waals surface area contributed by atoms with Crippen LogP contribution in [0, 0.1) is 0 Å². The largest absolute Gasteiger partial charge is 0.497 e. The van der Waals surface area contributed by atoms with Gasteiger partial charge in [0.05, 0.1) is 19.3 Å². The lowest BCUT2D eigenvalue weighted by atomic mass is 9.84. The second kappa shape index (κ2) is 6.13. The lowest BCUT2D eigenvalue weighted by Gasteiger charge is -2.39. The maximum absolute atomic E-state index is 13.0. The van der Waals surface area contributed by atoms with Crippen LogP contribution in [0.25, 0.3) is 10.9 Å². The lowest BCUT2D eigenvalue weighted by molar-refractivity contribution is -0.0742. The molecule has 2 aliphatic heterocycles. The highest BCUT2D eigenvalue weighted by atomic mass is 16.5. The maximum atomic E-state index is 13.0. The third kappa shape index (κ3) is 2.61. The molecule has 138 valence electrons. The number of fused-ring (bicyclic) bond motifs is 3. The van der Waals surface area contributed by atoms with Crippen molar-refractivity contribution in [3.05, 3.63) is 65.4 Å². The van der Waals surface area contributed by atoms with Gasteiger partial charge in [-0.05, 0) is 48.2 Å². The van der Waals surface area contributed by atoms with Crippen LogP contribution in [-0.2, 0) is 16.9 Å². The van der Waals surface area contributed by atoms with Crippen LogP contribution >= 0.6 is 0 Å². The van der Waals surface area contributed by atoms with Crippen molar-refractivity contribution in [2.24, 2.45) is 0 Å². The summed E-state index contributed by atoms with van der Waals surface area (Å²) < 4.78 is 11.5. The van der Waals surface area contributed by atoms with E-state index in [0.29, 0.717) is 25.4 Å². The van der Waals surface area contributed by atoms with Gasteiger partial charge in [-0.2, -0.15) is 0 Å². The summed E-state index contributed by atoms with van der Waals surface area (Å²) in [5, 5.41) is 0.985. The molecule has 1 amide bonds. The van der Waals surface area contributed by atoms with Crippen molar-refractivity contribution in [1.82, 2.24) is 9.88 Å². The SMILES string of the molecule is COc1ccc2[nH]c(C(=O)N3CCC4(CC3)OCc3ccccc34)cc2c1. The molecule has 5 nitrogen and oxygen atoms in total. The summed E-state index contributed by atoms with van der Waals surface area (Å²) in [5.41, 5.74) is 3.93. The van der Waals surface area contributed by atoms with Crippen molar-refractivity contribution < 1.29 is 14.3 Å². The zero-order chi connectivity index (χ0) is 18.4.